The van der Waals surface area contributed by atoms with E-state index >= 15 is 0 Å². The second-order valence-corrected chi connectivity index (χ2v) is 9.70. The highest BCUT2D eigenvalue weighted by molar-refractivity contribution is 7.15. The van der Waals surface area contributed by atoms with Gasteiger partial charge in [0.05, 0.1) is 16.1 Å². The van der Waals surface area contributed by atoms with E-state index in [2.05, 4.69) is 4.98 Å². The van der Waals surface area contributed by atoms with Crippen molar-refractivity contribution in [2.24, 2.45) is 0 Å². The molecule has 34 heavy (non-hydrogen) atoms. The van der Waals surface area contributed by atoms with Crippen molar-refractivity contribution >= 4 is 28.2 Å². The molecule has 0 aliphatic rings. The number of carboxylic acids is 1. The summed E-state index contributed by atoms with van der Waals surface area (Å²) in [6.45, 7) is 7.29. The third-order valence-corrected chi connectivity index (χ3v) is 7.00. The molecular formula is C25H23F3N2O3S. The van der Waals surface area contributed by atoms with Crippen LogP contribution in [0.3, 0.4) is 0 Å². The lowest BCUT2D eigenvalue weighted by Gasteiger charge is -2.23. The van der Waals surface area contributed by atoms with Gasteiger partial charge in [0.1, 0.15) is 22.9 Å². The highest BCUT2D eigenvalue weighted by Gasteiger charge is 2.31. The quantitative estimate of drug-likeness (QED) is 0.324. The number of ether oxygens (including phenoxy) is 1. The molecule has 9 heteroatoms. The Hall–Kier alpha value is -3.33. The van der Waals surface area contributed by atoms with Crippen molar-refractivity contribution in [2.45, 2.75) is 46.0 Å². The van der Waals surface area contributed by atoms with Gasteiger partial charge in [-0.3, -0.25) is 0 Å². The number of hydrogen-bond acceptors (Lipinski definition) is 4. The fourth-order valence-electron chi connectivity index (χ4n) is 3.64. The van der Waals surface area contributed by atoms with Gasteiger partial charge in [-0.25, -0.2) is 9.78 Å². The van der Waals surface area contributed by atoms with Crippen molar-refractivity contribution in [1.29, 1.82) is 0 Å². The molecule has 1 N–H and O–H groups in total. The van der Waals surface area contributed by atoms with E-state index in [1.807, 2.05) is 32.0 Å². The first kappa shape index (κ1) is 23.8. The number of thiazole rings is 1. The van der Waals surface area contributed by atoms with Crippen LogP contribution in [0.15, 0.2) is 48.7 Å². The molecule has 0 amide bonds. The summed E-state index contributed by atoms with van der Waals surface area (Å²) < 4.78 is 46.3. The Morgan fingerprint density at radius 1 is 1.12 bits per heavy atom. The minimum Gasteiger partial charge on any atom is -0.488 e. The summed E-state index contributed by atoms with van der Waals surface area (Å²) in [5, 5.41) is 11.1. The van der Waals surface area contributed by atoms with Crippen LogP contribution in [0.2, 0.25) is 0 Å². The predicted molar refractivity (Wildman–Crippen MR) is 125 cm³/mol. The smallest absolute Gasteiger partial charge is 0.416 e. The maximum Gasteiger partial charge on any atom is 0.416 e. The number of aromatic nitrogens is 2. The standard InChI is InChI=1S/C25H23F3N2O3S/c1-14-11-19-17(9-10-30(19)24(3,4)23(31)32)12-20(14)33-13-21-15(2)29-22(34-21)16-5-7-18(8-6-16)25(26,27)28/h5-12H,13H2,1-4H3,(H,31,32). The molecule has 0 saturated heterocycles. The van der Waals surface area contributed by atoms with E-state index in [9.17, 15) is 23.1 Å². The summed E-state index contributed by atoms with van der Waals surface area (Å²) in [5.41, 5.74) is 1.25. The van der Waals surface area contributed by atoms with Gasteiger partial charge in [0.2, 0.25) is 0 Å². The Labute approximate surface area is 198 Å². The Kier molecular flexibility index (Phi) is 5.93. The second-order valence-electron chi connectivity index (χ2n) is 8.62. The lowest BCUT2D eigenvalue weighted by Crippen LogP contribution is -2.34. The molecule has 0 bridgehead atoms. The zero-order chi connectivity index (χ0) is 24.8. The lowest BCUT2D eigenvalue weighted by molar-refractivity contribution is -0.145. The number of carboxylic acid groups (broad SMARTS) is 1. The summed E-state index contributed by atoms with van der Waals surface area (Å²) >= 11 is 1.38. The van der Waals surface area contributed by atoms with E-state index in [1.165, 1.54) is 23.5 Å². The van der Waals surface area contributed by atoms with E-state index < -0.39 is 23.2 Å². The van der Waals surface area contributed by atoms with Gasteiger partial charge in [-0.15, -0.1) is 11.3 Å². The van der Waals surface area contributed by atoms with Crippen molar-refractivity contribution in [3.63, 3.8) is 0 Å². The first-order chi connectivity index (χ1) is 15.9. The Balaban J connectivity index is 1.55. The number of rotatable bonds is 6. The van der Waals surface area contributed by atoms with Crippen LogP contribution < -0.4 is 4.74 Å². The molecule has 0 unspecified atom stereocenters. The summed E-state index contributed by atoms with van der Waals surface area (Å²) in [4.78, 5) is 17.0. The summed E-state index contributed by atoms with van der Waals surface area (Å²) in [6, 6.07) is 10.6. The van der Waals surface area contributed by atoms with E-state index in [0.29, 0.717) is 16.3 Å². The lowest BCUT2D eigenvalue weighted by atomic mass is 10.1. The van der Waals surface area contributed by atoms with Crippen molar-refractivity contribution in [3.8, 4) is 16.3 Å². The van der Waals surface area contributed by atoms with Gasteiger partial charge < -0.3 is 14.4 Å². The number of halogens is 3. The number of carbonyl (C=O) groups is 1. The number of aliphatic carboxylic acids is 1. The molecule has 2 aromatic carbocycles. The fourth-order valence-corrected chi connectivity index (χ4v) is 4.62. The number of aryl methyl sites for hydroxylation is 2. The zero-order valence-corrected chi connectivity index (χ0v) is 19.8. The van der Waals surface area contributed by atoms with E-state index in [4.69, 9.17) is 4.74 Å². The second kappa shape index (κ2) is 8.47. The van der Waals surface area contributed by atoms with Crippen LogP contribution >= 0.6 is 11.3 Å². The highest BCUT2D eigenvalue weighted by Crippen LogP contribution is 2.34. The molecule has 0 spiro atoms. The molecule has 0 atom stereocenters. The molecule has 0 saturated carbocycles. The largest absolute Gasteiger partial charge is 0.488 e. The molecule has 4 aromatic rings. The molecule has 2 aromatic heterocycles. The van der Waals surface area contributed by atoms with Crippen LogP contribution in [-0.4, -0.2) is 20.6 Å². The van der Waals surface area contributed by atoms with Gasteiger partial charge in [0.25, 0.3) is 0 Å². The van der Waals surface area contributed by atoms with Gasteiger partial charge >= 0.3 is 12.1 Å². The van der Waals surface area contributed by atoms with Crippen LogP contribution in [0.25, 0.3) is 21.5 Å². The summed E-state index contributed by atoms with van der Waals surface area (Å²) in [5.74, 6) is -0.255. The molecule has 0 aliphatic heterocycles. The number of hydrogen-bond donors (Lipinski definition) is 1. The van der Waals surface area contributed by atoms with E-state index in [-0.39, 0.29) is 6.61 Å². The Bertz CT molecular complexity index is 1370. The van der Waals surface area contributed by atoms with Gasteiger partial charge in [-0.2, -0.15) is 13.2 Å². The maximum absolute atomic E-state index is 12.8. The zero-order valence-electron chi connectivity index (χ0n) is 19.0. The Morgan fingerprint density at radius 2 is 1.79 bits per heavy atom. The average molecular weight is 489 g/mol. The normalized spacial score (nSPS) is 12.3. The van der Waals surface area contributed by atoms with Crippen LogP contribution in [0, 0.1) is 13.8 Å². The number of nitrogens with zero attached hydrogens (tertiary/aromatic N) is 2. The molecule has 4 rings (SSSR count). The highest BCUT2D eigenvalue weighted by atomic mass is 32.1. The molecule has 2 heterocycles. The minimum atomic E-state index is -4.38. The third kappa shape index (κ3) is 4.40. The molecule has 5 nitrogen and oxygen atoms in total. The summed E-state index contributed by atoms with van der Waals surface area (Å²) in [7, 11) is 0. The Morgan fingerprint density at radius 3 is 2.41 bits per heavy atom. The topological polar surface area (TPSA) is 64.4 Å². The van der Waals surface area contributed by atoms with Crippen molar-refractivity contribution < 1.29 is 27.8 Å². The van der Waals surface area contributed by atoms with Crippen LogP contribution in [0.4, 0.5) is 13.2 Å². The van der Waals surface area contributed by atoms with E-state index in [0.717, 1.165) is 39.2 Å². The molecule has 178 valence electrons. The van der Waals surface area contributed by atoms with Gasteiger partial charge in [0.15, 0.2) is 0 Å². The van der Waals surface area contributed by atoms with E-state index in [1.54, 1.807) is 24.6 Å². The van der Waals surface area contributed by atoms with Gasteiger partial charge in [-0.1, -0.05) is 12.1 Å². The molecule has 0 aliphatic carbocycles. The van der Waals surface area contributed by atoms with Crippen molar-refractivity contribution in [1.82, 2.24) is 9.55 Å². The van der Waals surface area contributed by atoms with Gasteiger partial charge in [0, 0.05) is 22.7 Å². The first-order valence-electron chi connectivity index (χ1n) is 10.5. The number of alkyl halides is 3. The third-order valence-electron chi connectivity index (χ3n) is 5.82. The van der Waals surface area contributed by atoms with Crippen LogP contribution in [0.1, 0.15) is 35.5 Å². The first-order valence-corrected chi connectivity index (χ1v) is 11.3. The average Bonchev–Trinajstić information content (AvgIpc) is 3.34. The maximum atomic E-state index is 12.8. The fraction of sp³-hybridized carbons (Fsp3) is 0.280. The summed E-state index contributed by atoms with van der Waals surface area (Å²) in [6.07, 6.45) is -2.62. The van der Waals surface area contributed by atoms with Crippen molar-refractivity contribution in [3.05, 3.63) is 70.4 Å². The number of fused-ring (bicyclic) bond motifs is 1. The molecule has 0 radical (unpaired) electrons. The van der Waals surface area contributed by atoms with Crippen LogP contribution in [-0.2, 0) is 23.1 Å². The van der Waals surface area contributed by atoms with Crippen LogP contribution in [0.5, 0.6) is 5.75 Å². The van der Waals surface area contributed by atoms with Gasteiger partial charge in [-0.05, 0) is 63.6 Å². The molecular weight excluding hydrogens is 465 g/mol. The predicted octanol–water partition coefficient (Wildman–Crippen LogP) is 6.80. The molecule has 0 fully saturated rings. The monoisotopic (exact) mass is 488 g/mol. The number of benzene rings is 2. The SMILES string of the molecule is Cc1cc2c(ccn2C(C)(C)C(=O)O)cc1OCc1sc(-c2ccc(C(F)(F)F)cc2)nc1C. The van der Waals surface area contributed by atoms with Crippen molar-refractivity contribution in [2.75, 3.05) is 0 Å². The minimum absolute atomic E-state index is 0.262.